The molecule has 0 saturated heterocycles. The molecule has 23 heavy (non-hydrogen) atoms. The van der Waals surface area contributed by atoms with E-state index in [2.05, 4.69) is 32.1 Å². The van der Waals surface area contributed by atoms with Crippen LogP contribution in [0.1, 0.15) is 32.5 Å². The van der Waals surface area contributed by atoms with Crippen molar-refractivity contribution in [3.8, 4) is 0 Å². The van der Waals surface area contributed by atoms with Gasteiger partial charge in [-0.05, 0) is 45.8 Å². The van der Waals surface area contributed by atoms with Gasteiger partial charge in [0.1, 0.15) is 0 Å². The second-order valence-corrected chi connectivity index (χ2v) is 7.08. The maximum Gasteiger partial charge on any atom is 0.279 e. The molecule has 1 heterocycles. The summed E-state index contributed by atoms with van der Waals surface area (Å²) in [5.74, 6) is -0.911. The van der Waals surface area contributed by atoms with Crippen molar-refractivity contribution in [3.05, 3.63) is 56.2 Å². The van der Waals surface area contributed by atoms with Crippen LogP contribution in [0.5, 0.6) is 0 Å². The SMILES string of the molecule is CC(=O)NCc1ccc(C(=O)NNC(=O)c2ccc(Br)s2)cc1. The smallest absolute Gasteiger partial charge is 0.279 e. The molecule has 8 heteroatoms. The highest BCUT2D eigenvalue weighted by Crippen LogP contribution is 2.21. The molecule has 0 fully saturated rings. The van der Waals surface area contributed by atoms with Crippen molar-refractivity contribution >= 4 is 45.0 Å². The molecule has 0 saturated carbocycles. The average Bonchev–Trinajstić information content (AvgIpc) is 2.97. The first-order valence-corrected chi connectivity index (χ1v) is 8.26. The van der Waals surface area contributed by atoms with Gasteiger partial charge in [-0.25, -0.2) is 0 Å². The Morgan fingerprint density at radius 3 is 2.22 bits per heavy atom. The lowest BCUT2D eigenvalue weighted by Crippen LogP contribution is -2.41. The molecule has 1 aromatic heterocycles. The maximum atomic E-state index is 12.0. The van der Waals surface area contributed by atoms with E-state index in [1.807, 2.05) is 0 Å². The second kappa shape index (κ2) is 7.89. The van der Waals surface area contributed by atoms with Crippen LogP contribution in [-0.4, -0.2) is 17.7 Å². The van der Waals surface area contributed by atoms with Gasteiger partial charge in [-0.2, -0.15) is 0 Å². The first-order chi connectivity index (χ1) is 11.0. The summed E-state index contributed by atoms with van der Waals surface area (Å²) in [6.07, 6.45) is 0. The van der Waals surface area contributed by atoms with E-state index in [1.165, 1.54) is 18.3 Å². The largest absolute Gasteiger partial charge is 0.352 e. The summed E-state index contributed by atoms with van der Waals surface area (Å²) in [4.78, 5) is 35.1. The van der Waals surface area contributed by atoms with Gasteiger partial charge in [-0.3, -0.25) is 25.2 Å². The Morgan fingerprint density at radius 2 is 1.65 bits per heavy atom. The molecule has 2 aromatic rings. The third-order valence-corrected chi connectivity index (χ3v) is 4.47. The van der Waals surface area contributed by atoms with Crippen LogP contribution in [0.15, 0.2) is 40.2 Å². The van der Waals surface area contributed by atoms with E-state index in [4.69, 9.17) is 0 Å². The fourth-order valence-electron chi connectivity index (χ4n) is 1.68. The fourth-order valence-corrected chi connectivity index (χ4v) is 2.97. The van der Waals surface area contributed by atoms with Crippen LogP contribution >= 0.6 is 27.3 Å². The van der Waals surface area contributed by atoms with E-state index in [0.29, 0.717) is 17.0 Å². The third kappa shape index (κ3) is 5.19. The monoisotopic (exact) mass is 395 g/mol. The lowest BCUT2D eigenvalue weighted by atomic mass is 10.1. The fraction of sp³-hybridized carbons (Fsp3) is 0.133. The number of thiophene rings is 1. The second-order valence-electron chi connectivity index (χ2n) is 4.62. The number of hydrogen-bond donors (Lipinski definition) is 3. The highest BCUT2D eigenvalue weighted by atomic mass is 79.9. The van der Waals surface area contributed by atoms with Gasteiger partial charge in [-0.15, -0.1) is 11.3 Å². The number of nitrogens with one attached hydrogen (secondary N) is 3. The molecule has 0 bridgehead atoms. The minimum Gasteiger partial charge on any atom is -0.352 e. The molecule has 6 nitrogen and oxygen atoms in total. The molecule has 3 amide bonds. The first kappa shape index (κ1) is 17.2. The Balaban J connectivity index is 1.88. The zero-order chi connectivity index (χ0) is 16.8. The van der Waals surface area contributed by atoms with Gasteiger partial charge in [0, 0.05) is 19.0 Å². The van der Waals surface area contributed by atoms with E-state index in [0.717, 1.165) is 9.35 Å². The molecule has 2 rings (SSSR count). The predicted octanol–water partition coefficient (Wildman–Crippen LogP) is 2.22. The van der Waals surface area contributed by atoms with Crippen LogP contribution in [0.2, 0.25) is 0 Å². The molecule has 1 aromatic carbocycles. The van der Waals surface area contributed by atoms with E-state index < -0.39 is 5.91 Å². The number of hydrogen-bond acceptors (Lipinski definition) is 4. The van der Waals surface area contributed by atoms with Crippen molar-refractivity contribution in [1.29, 1.82) is 0 Å². The van der Waals surface area contributed by atoms with Crippen LogP contribution in [-0.2, 0) is 11.3 Å². The lowest BCUT2D eigenvalue weighted by Gasteiger charge is -2.07. The van der Waals surface area contributed by atoms with E-state index in [1.54, 1.807) is 36.4 Å². The summed E-state index contributed by atoms with van der Waals surface area (Å²) in [5.41, 5.74) is 6.00. The molecule has 120 valence electrons. The number of carbonyl (C=O) groups is 3. The van der Waals surface area contributed by atoms with Gasteiger partial charge in [0.05, 0.1) is 8.66 Å². The van der Waals surface area contributed by atoms with Crippen molar-refractivity contribution in [2.45, 2.75) is 13.5 Å². The molecular formula is C15H14BrN3O3S. The Bertz CT molecular complexity index is 728. The molecule has 0 unspecified atom stereocenters. The summed E-state index contributed by atoms with van der Waals surface area (Å²) >= 11 is 4.54. The van der Waals surface area contributed by atoms with Crippen molar-refractivity contribution in [2.24, 2.45) is 0 Å². The number of carbonyl (C=O) groups excluding carboxylic acids is 3. The summed E-state index contributed by atoms with van der Waals surface area (Å²) < 4.78 is 0.837. The maximum absolute atomic E-state index is 12.0. The molecule has 0 aliphatic rings. The van der Waals surface area contributed by atoms with Gasteiger partial charge in [-0.1, -0.05) is 12.1 Å². The van der Waals surface area contributed by atoms with Crippen molar-refractivity contribution in [2.75, 3.05) is 0 Å². The van der Waals surface area contributed by atoms with E-state index >= 15 is 0 Å². The standard InChI is InChI=1S/C15H14BrN3O3S/c1-9(20)17-8-10-2-4-11(5-3-10)14(21)18-19-15(22)12-6-7-13(16)23-12/h2-7H,8H2,1H3,(H,17,20)(H,18,21)(H,19,22). The molecular weight excluding hydrogens is 382 g/mol. The quantitative estimate of drug-likeness (QED) is 0.693. The summed E-state index contributed by atoms with van der Waals surface area (Å²) in [6, 6.07) is 10.1. The number of hydrazine groups is 1. The average molecular weight is 396 g/mol. The van der Waals surface area contributed by atoms with E-state index in [9.17, 15) is 14.4 Å². The Morgan fingerprint density at radius 1 is 1.00 bits per heavy atom. The molecule has 0 radical (unpaired) electrons. The Labute approximate surface area is 145 Å². The van der Waals surface area contributed by atoms with Gasteiger partial charge in [0.15, 0.2) is 0 Å². The summed E-state index contributed by atoms with van der Waals surface area (Å²) in [5, 5.41) is 2.67. The van der Waals surface area contributed by atoms with Crippen molar-refractivity contribution < 1.29 is 14.4 Å². The minimum atomic E-state index is -0.417. The van der Waals surface area contributed by atoms with Gasteiger partial charge in [0.25, 0.3) is 11.8 Å². The van der Waals surface area contributed by atoms with Crippen LogP contribution < -0.4 is 16.2 Å². The highest BCUT2D eigenvalue weighted by molar-refractivity contribution is 9.11. The number of rotatable bonds is 4. The third-order valence-electron chi connectivity index (χ3n) is 2.84. The van der Waals surface area contributed by atoms with Gasteiger partial charge in [0.2, 0.25) is 5.91 Å². The number of amides is 3. The molecule has 0 spiro atoms. The van der Waals surface area contributed by atoms with E-state index in [-0.39, 0.29) is 11.8 Å². The molecule has 0 atom stereocenters. The van der Waals surface area contributed by atoms with Crippen LogP contribution in [0.3, 0.4) is 0 Å². The first-order valence-electron chi connectivity index (χ1n) is 6.65. The van der Waals surface area contributed by atoms with Crippen LogP contribution in [0, 0.1) is 0 Å². The Hall–Kier alpha value is -2.19. The zero-order valence-corrected chi connectivity index (χ0v) is 14.6. The zero-order valence-electron chi connectivity index (χ0n) is 12.2. The van der Waals surface area contributed by atoms with Gasteiger partial charge < -0.3 is 5.32 Å². The predicted molar refractivity (Wildman–Crippen MR) is 90.9 cm³/mol. The molecule has 3 N–H and O–H groups in total. The van der Waals surface area contributed by atoms with Crippen molar-refractivity contribution in [1.82, 2.24) is 16.2 Å². The van der Waals surface area contributed by atoms with Crippen molar-refractivity contribution in [3.63, 3.8) is 0 Å². The Kier molecular flexibility index (Phi) is 5.89. The minimum absolute atomic E-state index is 0.116. The number of benzene rings is 1. The van der Waals surface area contributed by atoms with Crippen LogP contribution in [0.4, 0.5) is 0 Å². The highest BCUT2D eigenvalue weighted by Gasteiger charge is 2.11. The molecule has 0 aliphatic heterocycles. The van der Waals surface area contributed by atoms with Crippen LogP contribution in [0.25, 0.3) is 0 Å². The summed E-state index contributed by atoms with van der Waals surface area (Å²) in [7, 11) is 0. The molecule has 0 aliphatic carbocycles. The summed E-state index contributed by atoms with van der Waals surface area (Å²) in [6.45, 7) is 1.85. The van der Waals surface area contributed by atoms with Gasteiger partial charge >= 0.3 is 0 Å². The number of halogens is 1. The normalized spacial score (nSPS) is 10.0. The topological polar surface area (TPSA) is 87.3 Å². The lowest BCUT2D eigenvalue weighted by molar-refractivity contribution is -0.119.